The first kappa shape index (κ1) is 8.12. The van der Waals surface area contributed by atoms with E-state index in [2.05, 4.69) is 0 Å². The predicted octanol–water partition coefficient (Wildman–Crippen LogP) is -0.821. The van der Waals surface area contributed by atoms with Crippen molar-refractivity contribution in [3.63, 3.8) is 0 Å². The predicted molar refractivity (Wildman–Crippen MR) is 52.3 cm³/mol. The summed E-state index contributed by atoms with van der Waals surface area (Å²) < 4.78 is 0. The van der Waals surface area contributed by atoms with Crippen LogP contribution in [0.25, 0.3) is 0 Å². The Bertz CT molecular complexity index is 271. The van der Waals surface area contributed by atoms with Gasteiger partial charge in [0.2, 0.25) is 0 Å². The fourth-order valence-corrected chi connectivity index (χ4v) is 1.08. The Balaban J connectivity index is 3.03. The van der Waals surface area contributed by atoms with E-state index in [0.29, 0.717) is 6.32 Å². The molecule has 0 bridgehead atoms. The van der Waals surface area contributed by atoms with Crippen LogP contribution >= 0.6 is 0 Å². The summed E-state index contributed by atoms with van der Waals surface area (Å²) in [7, 11) is 3.84. The SMILES string of the molecule is BCC(=O)c1ccccc1B. The normalized spacial score (nSPS) is 9.45. The van der Waals surface area contributed by atoms with Crippen LogP contribution < -0.4 is 5.46 Å². The van der Waals surface area contributed by atoms with E-state index in [1.54, 1.807) is 0 Å². The van der Waals surface area contributed by atoms with Gasteiger partial charge in [0, 0.05) is 5.56 Å². The molecule has 0 fully saturated rings. The molecule has 1 aromatic rings. The van der Waals surface area contributed by atoms with Crippen molar-refractivity contribution in [3.05, 3.63) is 29.8 Å². The number of hydrogen-bond acceptors (Lipinski definition) is 1. The van der Waals surface area contributed by atoms with Crippen LogP contribution in [0.4, 0.5) is 0 Å². The minimum absolute atomic E-state index is 0.225. The maximum atomic E-state index is 11.2. The second-order valence-electron chi connectivity index (χ2n) is 2.59. The van der Waals surface area contributed by atoms with E-state index in [1.807, 2.05) is 40.0 Å². The molecule has 0 heterocycles. The van der Waals surface area contributed by atoms with Crippen LogP contribution in [0.5, 0.6) is 0 Å². The maximum Gasteiger partial charge on any atom is 0.154 e. The van der Waals surface area contributed by atoms with Crippen LogP contribution in [0.2, 0.25) is 6.32 Å². The van der Waals surface area contributed by atoms with Gasteiger partial charge >= 0.3 is 0 Å². The lowest BCUT2D eigenvalue weighted by Crippen LogP contribution is -2.14. The molecule has 11 heavy (non-hydrogen) atoms. The van der Waals surface area contributed by atoms with Crippen LogP contribution in [0.15, 0.2) is 24.3 Å². The number of carbonyl (C=O) groups is 1. The molecule has 0 aromatic heterocycles. The Kier molecular flexibility index (Phi) is 2.53. The molecule has 0 aliphatic heterocycles. The van der Waals surface area contributed by atoms with Gasteiger partial charge in [-0.25, -0.2) is 0 Å². The van der Waals surface area contributed by atoms with Gasteiger partial charge in [-0.15, -0.1) is 0 Å². The van der Waals surface area contributed by atoms with Crippen molar-refractivity contribution in [2.75, 3.05) is 0 Å². The van der Waals surface area contributed by atoms with Gasteiger partial charge in [-0.3, -0.25) is 4.79 Å². The van der Waals surface area contributed by atoms with E-state index in [-0.39, 0.29) is 5.78 Å². The van der Waals surface area contributed by atoms with E-state index in [9.17, 15) is 4.79 Å². The van der Waals surface area contributed by atoms with Crippen molar-refractivity contribution >= 4 is 26.9 Å². The van der Waals surface area contributed by atoms with E-state index in [0.717, 1.165) is 11.0 Å². The van der Waals surface area contributed by atoms with Crippen molar-refractivity contribution in [2.24, 2.45) is 0 Å². The molecule has 0 amide bonds. The summed E-state index contributed by atoms with van der Waals surface area (Å²) >= 11 is 0. The van der Waals surface area contributed by atoms with Crippen LogP contribution in [-0.2, 0) is 0 Å². The van der Waals surface area contributed by atoms with Gasteiger partial charge in [0.25, 0.3) is 0 Å². The third-order valence-electron chi connectivity index (χ3n) is 1.77. The molecule has 54 valence electrons. The van der Waals surface area contributed by atoms with Gasteiger partial charge < -0.3 is 0 Å². The lowest BCUT2D eigenvalue weighted by molar-refractivity contribution is 0.101. The summed E-state index contributed by atoms with van der Waals surface area (Å²) in [6, 6.07) is 7.68. The summed E-state index contributed by atoms with van der Waals surface area (Å²) in [6.45, 7) is 0. The maximum absolute atomic E-state index is 11.2. The first-order valence-corrected chi connectivity index (χ1v) is 3.84. The highest BCUT2D eigenvalue weighted by molar-refractivity contribution is 6.38. The van der Waals surface area contributed by atoms with E-state index >= 15 is 0 Å². The number of Topliss-reactive ketones (excluding diaryl/α,β-unsaturated/α-hetero) is 1. The second-order valence-corrected chi connectivity index (χ2v) is 2.59. The lowest BCUT2D eigenvalue weighted by atomic mass is 9.85. The van der Waals surface area contributed by atoms with Gasteiger partial charge in [0.1, 0.15) is 15.7 Å². The molecular formula is C8H10B2O. The number of carbonyl (C=O) groups excluding carboxylic acids is 1. The number of rotatable bonds is 2. The fourth-order valence-electron chi connectivity index (χ4n) is 1.08. The molecule has 0 spiro atoms. The van der Waals surface area contributed by atoms with Gasteiger partial charge in [-0.05, 0) is 6.32 Å². The zero-order valence-electron chi connectivity index (χ0n) is 6.92. The molecule has 1 rings (SSSR count). The molecular weight excluding hydrogens is 134 g/mol. The van der Waals surface area contributed by atoms with Crippen LogP contribution in [-0.4, -0.2) is 21.5 Å². The summed E-state index contributed by atoms with van der Waals surface area (Å²) in [5.74, 6) is 0.225. The first-order chi connectivity index (χ1) is 5.25. The quantitative estimate of drug-likeness (QED) is 0.391. The number of ketones is 1. The summed E-state index contributed by atoms with van der Waals surface area (Å²) in [4.78, 5) is 11.2. The van der Waals surface area contributed by atoms with Crippen molar-refractivity contribution in [2.45, 2.75) is 6.32 Å². The van der Waals surface area contributed by atoms with Gasteiger partial charge in [-0.1, -0.05) is 29.7 Å². The molecule has 0 unspecified atom stereocenters. The molecule has 1 nitrogen and oxygen atoms in total. The van der Waals surface area contributed by atoms with Crippen molar-refractivity contribution < 1.29 is 4.79 Å². The highest BCUT2D eigenvalue weighted by atomic mass is 16.1. The summed E-state index contributed by atoms with van der Waals surface area (Å²) in [5, 5.41) is 0. The van der Waals surface area contributed by atoms with Crippen molar-refractivity contribution in [1.29, 1.82) is 0 Å². The third-order valence-corrected chi connectivity index (χ3v) is 1.77. The zero-order valence-corrected chi connectivity index (χ0v) is 6.92. The number of hydrogen-bond donors (Lipinski definition) is 0. The van der Waals surface area contributed by atoms with E-state index < -0.39 is 0 Å². The van der Waals surface area contributed by atoms with Gasteiger partial charge in [0.05, 0.1) is 0 Å². The van der Waals surface area contributed by atoms with Crippen molar-refractivity contribution in [1.82, 2.24) is 0 Å². The highest BCUT2D eigenvalue weighted by Crippen LogP contribution is 1.97. The Labute approximate surface area is 68.6 Å². The van der Waals surface area contributed by atoms with E-state index in [4.69, 9.17) is 0 Å². The van der Waals surface area contributed by atoms with Crippen LogP contribution in [0.1, 0.15) is 10.4 Å². The summed E-state index contributed by atoms with van der Waals surface area (Å²) in [6.07, 6.45) is 0.588. The lowest BCUT2D eigenvalue weighted by Gasteiger charge is -2.00. The molecule has 0 aliphatic rings. The molecule has 1 aromatic carbocycles. The Hall–Kier alpha value is -0.980. The van der Waals surface area contributed by atoms with E-state index in [1.165, 1.54) is 0 Å². The van der Waals surface area contributed by atoms with Gasteiger partial charge in [0.15, 0.2) is 5.78 Å². The Morgan fingerprint density at radius 1 is 1.36 bits per heavy atom. The number of benzene rings is 1. The van der Waals surface area contributed by atoms with Crippen LogP contribution in [0.3, 0.4) is 0 Å². The smallest absolute Gasteiger partial charge is 0.154 e. The standard InChI is InChI=1S/C8H10B2O/c9-5-8(11)6-3-1-2-4-7(6)10/h1-4H,5,9-10H2. The highest BCUT2D eigenvalue weighted by Gasteiger charge is 2.03. The topological polar surface area (TPSA) is 17.1 Å². The first-order valence-electron chi connectivity index (χ1n) is 3.84. The monoisotopic (exact) mass is 144 g/mol. The summed E-state index contributed by atoms with van der Waals surface area (Å²) in [5.41, 5.74) is 1.93. The molecule has 0 N–H and O–H groups in total. The molecule has 3 heteroatoms. The van der Waals surface area contributed by atoms with Crippen LogP contribution in [0, 0.1) is 0 Å². The van der Waals surface area contributed by atoms with Crippen molar-refractivity contribution in [3.8, 4) is 0 Å². The Morgan fingerprint density at radius 3 is 2.55 bits per heavy atom. The molecule has 0 saturated carbocycles. The minimum atomic E-state index is 0.225. The molecule has 0 aliphatic carbocycles. The molecule has 0 atom stereocenters. The third kappa shape index (κ3) is 1.73. The molecule has 0 saturated heterocycles. The Morgan fingerprint density at radius 2 is 2.00 bits per heavy atom. The largest absolute Gasteiger partial charge is 0.295 e. The average Bonchev–Trinajstić information content (AvgIpc) is 2.04. The zero-order chi connectivity index (χ0) is 8.27. The minimum Gasteiger partial charge on any atom is -0.295 e. The van der Waals surface area contributed by atoms with Gasteiger partial charge in [-0.2, -0.15) is 0 Å². The average molecular weight is 144 g/mol. The molecule has 0 radical (unpaired) electrons. The fraction of sp³-hybridized carbons (Fsp3) is 0.125. The second kappa shape index (κ2) is 3.42.